The SMILES string of the molecule is CN(C(=O)Oc1ncc(C#Cc2ccc(F)cc2)cn1)C(C)(C)C. The topological polar surface area (TPSA) is 55.3 Å². The van der Waals surface area contributed by atoms with Crippen LogP contribution in [-0.2, 0) is 0 Å². The van der Waals surface area contributed by atoms with Gasteiger partial charge in [-0.3, -0.25) is 0 Å². The highest BCUT2D eigenvalue weighted by atomic mass is 19.1. The molecular weight excluding hydrogens is 309 g/mol. The second-order valence-corrected chi connectivity index (χ2v) is 6.11. The van der Waals surface area contributed by atoms with E-state index in [4.69, 9.17) is 4.74 Å². The quantitative estimate of drug-likeness (QED) is 0.755. The fourth-order valence-electron chi connectivity index (χ4n) is 1.53. The third kappa shape index (κ3) is 4.78. The van der Waals surface area contributed by atoms with E-state index in [0.717, 1.165) is 0 Å². The van der Waals surface area contributed by atoms with Crippen LogP contribution in [0.4, 0.5) is 9.18 Å². The van der Waals surface area contributed by atoms with Crippen LogP contribution in [0.15, 0.2) is 36.7 Å². The highest BCUT2D eigenvalue weighted by Gasteiger charge is 2.24. The summed E-state index contributed by atoms with van der Waals surface area (Å²) in [6.07, 6.45) is 2.39. The van der Waals surface area contributed by atoms with Crippen LogP contribution in [0.5, 0.6) is 6.01 Å². The van der Waals surface area contributed by atoms with Crippen LogP contribution in [0.25, 0.3) is 0 Å². The van der Waals surface area contributed by atoms with E-state index in [2.05, 4.69) is 21.8 Å². The van der Waals surface area contributed by atoms with E-state index in [9.17, 15) is 9.18 Å². The highest BCUT2D eigenvalue weighted by molar-refractivity contribution is 5.70. The molecule has 0 fully saturated rings. The Labute approximate surface area is 140 Å². The Kier molecular flexibility index (Phi) is 5.14. The molecule has 2 aromatic rings. The van der Waals surface area contributed by atoms with Crippen LogP contribution in [0.2, 0.25) is 0 Å². The maximum atomic E-state index is 12.8. The number of aromatic nitrogens is 2. The van der Waals surface area contributed by atoms with E-state index in [1.54, 1.807) is 19.2 Å². The van der Waals surface area contributed by atoms with Gasteiger partial charge in [0.15, 0.2) is 0 Å². The molecule has 0 saturated carbocycles. The zero-order valence-electron chi connectivity index (χ0n) is 14.0. The van der Waals surface area contributed by atoms with Crippen molar-refractivity contribution in [1.29, 1.82) is 0 Å². The number of hydrogen-bond donors (Lipinski definition) is 0. The van der Waals surface area contributed by atoms with E-state index in [0.29, 0.717) is 11.1 Å². The van der Waals surface area contributed by atoms with Gasteiger partial charge >= 0.3 is 12.1 Å². The minimum Gasteiger partial charge on any atom is -0.374 e. The average molecular weight is 327 g/mol. The van der Waals surface area contributed by atoms with Crippen LogP contribution in [0.3, 0.4) is 0 Å². The number of benzene rings is 1. The standard InChI is InChI=1S/C18H18FN3O2/c1-18(2,3)22(4)17(23)24-16-20-11-14(12-21-16)6-5-13-7-9-15(19)10-8-13/h7-12H,1-4H3. The number of amides is 1. The Bertz CT molecular complexity index is 769. The van der Waals surface area contributed by atoms with Crippen LogP contribution < -0.4 is 4.74 Å². The smallest absolute Gasteiger partial charge is 0.374 e. The lowest BCUT2D eigenvalue weighted by Gasteiger charge is -2.30. The third-order valence-electron chi connectivity index (χ3n) is 3.28. The Morgan fingerprint density at radius 3 is 2.17 bits per heavy atom. The molecule has 1 heterocycles. The predicted molar refractivity (Wildman–Crippen MR) is 88.0 cm³/mol. The maximum absolute atomic E-state index is 12.8. The minimum absolute atomic E-state index is 0.0385. The molecule has 0 unspecified atom stereocenters. The van der Waals surface area contributed by atoms with Crippen molar-refractivity contribution in [3.8, 4) is 17.9 Å². The normalized spacial score (nSPS) is 10.5. The Morgan fingerprint density at radius 1 is 1.08 bits per heavy atom. The second-order valence-electron chi connectivity index (χ2n) is 6.11. The Hall–Kier alpha value is -2.94. The molecule has 0 bridgehead atoms. The number of hydrogen-bond acceptors (Lipinski definition) is 4. The van der Waals surface area contributed by atoms with E-state index in [1.165, 1.54) is 29.4 Å². The molecule has 0 saturated heterocycles. The first-order valence-electron chi connectivity index (χ1n) is 7.31. The molecule has 0 N–H and O–H groups in total. The number of ether oxygens (including phenoxy) is 1. The zero-order chi connectivity index (χ0) is 17.7. The van der Waals surface area contributed by atoms with Crippen molar-refractivity contribution in [2.75, 3.05) is 7.05 Å². The second kappa shape index (κ2) is 7.09. The van der Waals surface area contributed by atoms with Crippen LogP contribution >= 0.6 is 0 Å². The lowest BCUT2D eigenvalue weighted by molar-refractivity contribution is 0.121. The lowest BCUT2D eigenvalue weighted by Crippen LogP contribution is -2.44. The van der Waals surface area contributed by atoms with Crippen LogP contribution in [0.1, 0.15) is 31.9 Å². The number of halogens is 1. The van der Waals surface area contributed by atoms with Crippen molar-refractivity contribution in [1.82, 2.24) is 14.9 Å². The fraction of sp³-hybridized carbons (Fsp3) is 0.278. The van der Waals surface area contributed by atoms with Gasteiger partial charge in [0, 0.05) is 30.5 Å². The van der Waals surface area contributed by atoms with Crippen molar-refractivity contribution in [2.45, 2.75) is 26.3 Å². The summed E-state index contributed by atoms with van der Waals surface area (Å²) in [5, 5.41) is 0. The van der Waals surface area contributed by atoms with Crippen LogP contribution in [0, 0.1) is 17.7 Å². The summed E-state index contributed by atoms with van der Waals surface area (Å²) in [6.45, 7) is 5.68. The van der Waals surface area contributed by atoms with Crippen molar-refractivity contribution in [3.63, 3.8) is 0 Å². The van der Waals surface area contributed by atoms with Gasteiger partial charge in [-0.2, -0.15) is 0 Å². The molecule has 0 aliphatic rings. The first-order valence-corrected chi connectivity index (χ1v) is 7.31. The summed E-state index contributed by atoms with van der Waals surface area (Å²) in [5.74, 6) is 5.42. The molecule has 2 rings (SSSR count). The minimum atomic E-state index is -0.535. The first kappa shape index (κ1) is 17.4. The zero-order valence-corrected chi connectivity index (χ0v) is 14.0. The molecule has 1 aromatic carbocycles. The molecule has 0 aliphatic carbocycles. The summed E-state index contributed by atoms with van der Waals surface area (Å²) in [4.78, 5) is 21.3. The van der Waals surface area contributed by atoms with Crippen molar-refractivity contribution >= 4 is 6.09 Å². The maximum Gasteiger partial charge on any atom is 0.417 e. The van der Waals surface area contributed by atoms with E-state index in [1.807, 2.05) is 20.8 Å². The summed E-state index contributed by atoms with van der Waals surface area (Å²) in [5.41, 5.74) is 0.875. The summed E-state index contributed by atoms with van der Waals surface area (Å²) in [7, 11) is 1.64. The molecule has 1 aromatic heterocycles. The molecule has 1 amide bonds. The molecule has 5 nitrogen and oxygen atoms in total. The predicted octanol–water partition coefficient (Wildman–Crippen LogP) is 3.24. The number of nitrogens with zero attached hydrogens (tertiary/aromatic N) is 3. The van der Waals surface area contributed by atoms with Gasteiger partial charge in [-0.25, -0.2) is 19.2 Å². The van der Waals surface area contributed by atoms with Crippen molar-refractivity contribution in [2.24, 2.45) is 0 Å². The molecule has 24 heavy (non-hydrogen) atoms. The lowest BCUT2D eigenvalue weighted by atomic mass is 10.1. The van der Waals surface area contributed by atoms with Crippen molar-refractivity contribution < 1.29 is 13.9 Å². The molecule has 6 heteroatoms. The van der Waals surface area contributed by atoms with Crippen molar-refractivity contribution in [3.05, 3.63) is 53.6 Å². The fourth-order valence-corrected chi connectivity index (χ4v) is 1.53. The van der Waals surface area contributed by atoms with E-state index in [-0.39, 0.29) is 17.4 Å². The molecule has 0 aliphatic heterocycles. The first-order chi connectivity index (χ1) is 11.3. The number of carbonyl (C=O) groups is 1. The van der Waals surface area contributed by atoms with Gasteiger partial charge in [0.05, 0.1) is 5.56 Å². The third-order valence-corrected chi connectivity index (χ3v) is 3.28. The highest BCUT2D eigenvalue weighted by Crippen LogP contribution is 2.13. The van der Waals surface area contributed by atoms with E-state index >= 15 is 0 Å². The largest absolute Gasteiger partial charge is 0.417 e. The van der Waals surface area contributed by atoms with E-state index < -0.39 is 6.09 Å². The molecule has 124 valence electrons. The van der Waals surface area contributed by atoms with Gasteiger partial charge in [-0.05, 0) is 45.0 Å². The monoisotopic (exact) mass is 327 g/mol. The summed E-state index contributed by atoms with van der Waals surface area (Å²) in [6, 6.07) is 5.82. The van der Waals surface area contributed by atoms with Crippen LogP contribution in [-0.4, -0.2) is 33.5 Å². The number of rotatable bonds is 1. The molecule has 0 spiro atoms. The average Bonchev–Trinajstić information content (AvgIpc) is 2.54. The van der Waals surface area contributed by atoms with Gasteiger partial charge in [0.25, 0.3) is 0 Å². The number of carbonyl (C=O) groups excluding carboxylic acids is 1. The summed E-state index contributed by atoms with van der Waals surface area (Å²) >= 11 is 0. The molecular formula is C18H18FN3O2. The Morgan fingerprint density at radius 2 is 1.62 bits per heavy atom. The van der Waals surface area contributed by atoms with Gasteiger partial charge in [0.2, 0.25) is 0 Å². The van der Waals surface area contributed by atoms with Gasteiger partial charge in [0.1, 0.15) is 5.82 Å². The molecule has 0 atom stereocenters. The molecule has 0 radical (unpaired) electrons. The summed E-state index contributed by atoms with van der Waals surface area (Å²) < 4.78 is 17.9. The van der Waals surface area contributed by atoms with Gasteiger partial charge in [-0.1, -0.05) is 11.8 Å². The Balaban J connectivity index is 2.03. The van der Waals surface area contributed by atoms with Gasteiger partial charge < -0.3 is 9.64 Å². The van der Waals surface area contributed by atoms with Gasteiger partial charge in [-0.15, -0.1) is 0 Å².